The second-order valence-corrected chi connectivity index (χ2v) is 5.16. The van der Waals surface area contributed by atoms with E-state index in [2.05, 4.69) is 36.5 Å². The Labute approximate surface area is 130 Å². The number of aromatic nitrogens is 2. The molecule has 0 radical (unpaired) electrons. The summed E-state index contributed by atoms with van der Waals surface area (Å²) in [6.07, 6.45) is 3.35. The highest BCUT2D eigenvalue weighted by Crippen LogP contribution is 2.24. The van der Waals surface area contributed by atoms with E-state index >= 15 is 0 Å². The molecule has 106 valence electrons. The lowest BCUT2D eigenvalue weighted by molar-refractivity contribution is 0.518. The van der Waals surface area contributed by atoms with Gasteiger partial charge < -0.3 is 15.1 Å². The zero-order valence-electron chi connectivity index (χ0n) is 11.1. The summed E-state index contributed by atoms with van der Waals surface area (Å²) in [6, 6.07) is 13.4. The molecule has 2 heterocycles. The SMILES string of the molecule is Brc1ccccc1Nc1nccc(NCc2ccco2)n1. The molecule has 3 rings (SSSR count). The maximum atomic E-state index is 5.27. The van der Waals surface area contributed by atoms with E-state index in [-0.39, 0.29) is 0 Å². The minimum atomic E-state index is 0.534. The van der Waals surface area contributed by atoms with Crippen LogP contribution in [0.4, 0.5) is 17.5 Å². The van der Waals surface area contributed by atoms with E-state index in [1.807, 2.05) is 42.5 Å². The third-order valence-electron chi connectivity index (χ3n) is 2.80. The van der Waals surface area contributed by atoms with Gasteiger partial charge in [0.1, 0.15) is 11.6 Å². The lowest BCUT2D eigenvalue weighted by Crippen LogP contribution is -2.03. The van der Waals surface area contributed by atoms with Crippen molar-refractivity contribution in [3.05, 3.63) is 65.2 Å². The lowest BCUT2D eigenvalue weighted by atomic mass is 10.3. The van der Waals surface area contributed by atoms with Crippen LogP contribution in [0.1, 0.15) is 5.76 Å². The average Bonchev–Trinajstić information content (AvgIpc) is 3.01. The van der Waals surface area contributed by atoms with Crippen LogP contribution in [0.25, 0.3) is 0 Å². The maximum absolute atomic E-state index is 5.27. The smallest absolute Gasteiger partial charge is 0.229 e. The molecule has 0 fully saturated rings. The van der Waals surface area contributed by atoms with Gasteiger partial charge in [-0.25, -0.2) is 4.98 Å². The summed E-state index contributed by atoms with van der Waals surface area (Å²) in [4.78, 5) is 8.63. The predicted molar refractivity (Wildman–Crippen MR) is 85.5 cm³/mol. The van der Waals surface area contributed by atoms with Crippen LogP contribution in [0.3, 0.4) is 0 Å². The monoisotopic (exact) mass is 344 g/mol. The topological polar surface area (TPSA) is 63.0 Å². The highest BCUT2D eigenvalue weighted by atomic mass is 79.9. The lowest BCUT2D eigenvalue weighted by Gasteiger charge is -2.08. The molecule has 1 aromatic carbocycles. The molecule has 21 heavy (non-hydrogen) atoms. The number of nitrogens with zero attached hydrogens (tertiary/aromatic N) is 2. The normalized spacial score (nSPS) is 10.3. The standard InChI is InChI=1S/C15H13BrN4O/c16-12-5-1-2-6-13(12)19-15-17-8-7-14(20-15)18-10-11-4-3-9-21-11/h1-9H,10H2,(H2,17,18,19,20). The quantitative estimate of drug-likeness (QED) is 0.726. The van der Waals surface area contributed by atoms with Gasteiger partial charge in [-0.05, 0) is 46.3 Å². The molecule has 0 amide bonds. The van der Waals surface area contributed by atoms with Crippen molar-refractivity contribution in [2.24, 2.45) is 0 Å². The van der Waals surface area contributed by atoms with E-state index in [0.29, 0.717) is 12.5 Å². The Morgan fingerprint density at radius 3 is 2.81 bits per heavy atom. The minimum Gasteiger partial charge on any atom is -0.467 e. The van der Waals surface area contributed by atoms with Crippen molar-refractivity contribution in [1.82, 2.24) is 9.97 Å². The molecule has 0 spiro atoms. The molecular formula is C15H13BrN4O. The Hall–Kier alpha value is -2.34. The summed E-state index contributed by atoms with van der Waals surface area (Å²) in [5.41, 5.74) is 0.917. The van der Waals surface area contributed by atoms with Crippen molar-refractivity contribution >= 4 is 33.4 Å². The highest BCUT2D eigenvalue weighted by Gasteiger charge is 2.03. The van der Waals surface area contributed by atoms with Crippen LogP contribution in [0.2, 0.25) is 0 Å². The van der Waals surface area contributed by atoms with Gasteiger partial charge in [-0.3, -0.25) is 0 Å². The van der Waals surface area contributed by atoms with Gasteiger partial charge in [-0.15, -0.1) is 0 Å². The second-order valence-electron chi connectivity index (χ2n) is 4.30. The third-order valence-corrected chi connectivity index (χ3v) is 3.49. The van der Waals surface area contributed by atoms with Crippen LogP contribution in [0.5, 0.6) is 0 Å². The van der Waals surface area contributed by atoms with Crippen LogP contribution in [-0.2, 0) is 6.54 Å². The molecule has 3 aromatic rings. The van der Waals surface area contributed by atoms with Crippen LogP contribution in [-0.4, -0.2) is 9.97 Å². The van der Waals surface area contributed by atoms with Crippen molar-refractivity contribution in [2.75, 3.05) is 10.6 Å². The van der Waals surface area contributed by atoms with Gasteiger partial charge in [0.05, 0.1) is 18.5 Å². The Morgan fingerprint density at radius 1 is 1.10 bits per heavy atom. The number of anilines is 3. The van der Waals surface area contributed by atoms with E-state index in [1.165, 1.54) is 0 Å². The number of halogens is 1. The third kappa shape index (κ3) is 3.61. The minimum absolute atomic E-state index is 0.534. The van der Waals surface area contributed by atoms with Gasteiger partial charge in [-0.2, -0.15) is 4.98 Å². The largest absolute Gasteiger partial charge is 0.467 e. The molecule has 6 heteroatoms. The van der Waals surface area contributed by atoms with Crippen LogP contribution < -0.4 is 10.6 Å². The molecule has 0 bridgehead atoms. The Balaban J connectivity index is 1.70. The molecule has 2 aromatic heterocycles. The maximum Gasteiger partial charge on any atom is 0.229 e. The number of para-hydroxylation sites is 1. The Kier molecular flexibility index (Phi) is 4.16. The number of furan rings is 1. The fourth-order valence-electron chi connectivity index (χ4n) is 1.79. The zero-order chi connectivity index (χ0) is 14.5. The summed E-state index contributed by atoms with van der Waals surface area (Å²) < 4.78 is 6.23. The average molecular weight is 345 g/mol. The molecular weight excluding hydrogens is 332 g/mol. The summed E-state index contributed by atoms with van der Waals surface area (Å²) in [5, 5.41) is 6.36. The fraction of sp³-hybridized carbons (Fsp3) is 0.0667. The molecule has 0 saturated heterocycles. The number of hydrogen-bond acceptors (Lipinski definition) is 5. The number of rotatable bonds is 5. The number of hydrogen-bond donors (Lipinski definition) is 2. The molecule has 0 atom stereocenters. The van der Waals surface area contributed by atoms with Crippen molar-refractivity contribution in [1.29, 1.82) is 0 Å². The fourth-order valence-corrected chi connectivity index (χ4v) is 2.18. The van der Waals surface area contributed by atoms with Gasteiger partial charge in [0.25, 0.3) is 0 Å². The Morgan fingerprint density at radius 2 is 2.00 bits per heavy atom. The zero-order valence-corrected chi connectivity index (χ0v) is 12.7. The van der Waals surface area contributed by atoms with Crippen LogP contribution >= 0.6 is 15.9 Å². The Bertz CT molecular complexity index is 715. The van der Waals surface area contributed by atoms with E-state index in [4.69, 9.17) is 4.42 Å². The summed E-state index contributed by atoms with van der Waals surface area (Å²) in [6.45, 7) is 0.582. The highest BCUT2D eigenvalue weighted by molar-refractivity contribution is 9.10. The van der Waals surface area contributed by atoms with E-state index in [1.54, 1.807) is 12.5 Å². The van der Waals surface area contributed by atoms with Crippen molar-refractivity contribution < 1.29 is 4.42 Å². The number of nitrogens with one attached hydrogen (secondary N) is 2. The first-order valence-corrected chi connectivity index (χ1v) is 7.21. The van der Waals surface area contributed by atoms with Gasteiger partial charge in [0, 0.05) is 10.7 Å². The first-order valence-electron chi connectivity index (χ1n) is 6.42. The van der Waals surface area contributed by atoms with E-state index in [0.717, 1.165) is 21.7 Å². The summed E-state index contributed by atoms with van der Waals surface area (Å²) in [7, 11) is 0. The predicted octanol–water partition coefficient (Wildman–Crippen LogP) is 4.19. The first kappa shape index (κ1) is 13.6. The van der Waals surface area contributed by atoms with Gasteiger partial charge >= 0.3 is 0 Å². The second kappa shape index (κ2) is 6.41. The van der Waals surface area contributed by atoms with Crippen molar-refractivity contribution in [3.63, 3.8) is 0 Å². The van der Waals surface area contributed by atoms with Gasteiger partial charge in [-0.1, -0.05) is 12.1 Å². The first-order chi connectivity index (χ1) is 10.3. The molecule has 2 N–H and O–H groups in total. The molecule has 5 nitrogen and oxygen atoms in total. The van der Waals surface area contributed by atoms with E-state index in [9.17, 15) is 0 Å². The molecule has 0 aliphatic rings. The van der Waals surface area contributed by atoms with Gasteiger partial charge in [0.2, 0.25) is 5.95 Å². The van der Waals surface area contributed by atoms with Crippen LogP contribution in [0, 0.1) is 0 Å². The molecule has 0 aliphatic carbocycles. The van der Waals surface area contributed by atoms with E-state index < -0.39 is 0 Å². The van der Waals surface area contributed by atoms with Crippen LogP contribution in [0.15, 0.2) is 63.8 Å². The van der Waals surface area contributed by atoms with Gasteiger partial charge in [0.15, 0.2) is 0 Å². The summed E-state index contributed by atoms with van der Waals surface area (Å²) in [5.74, 6) is 2.12. The molecule has 0 saturated carbocycles. The summed E-state index contributed by atoms with van der Waals surface area (Å²) >= 11 is 3.48. The van der Waals surface area contributed by atoms with Crippen molar-refractivity contribution in [2.45, 2.75) is 6.54 Å². The molecule has 0 aliphatic heterocycles. The molecule has 0 unspecified atom stereocenters. The van der Waals surface area contributed by atoms with Crippen molar-refractivity contribution in [3.8, 4) is 0 Å². The number of benzene rings is 1.